The van der Waals surface area contributed by atoms with E-state index in [1.54, 1.807) is 61.5 Å². The van der Waals surface area contributed by atoms with E-state index in [1.807, 2.05) is 6.07 Å². The molecule has 0 saturated carbocycles. The molecular weight excluding hydrogens is 498 g/mol. The predicted molar refractivity (Wildman–Crippen MR) is 139 cm³/mol. The van der Waals surface area contributed by atoms with Crippen molar-refractivity contribution >= 4 is 52.8 Å². The summed E-state index contributed by atoms with van der Waals surface area (Å²) >= 11 is 6.44. The predicted octanol–water partition coefficient (Wildman–Crippen LogP) is 4.42. The van der Waals surface area contributed by atoms with Gasteiger partial charge in [0.15, 0.2) is 18.1 Å². The van der Waals surface area contributed by atoms with Crippen LogP contribution >= 0.6 is 11.6 Å². The van der Waals surface area contributed by atoms with Crippen LogP contribution in [-0.2, 0) is 14.4 Å². The van der Waals surface area contributed by atoms with Crippen LogP contribution in [-0.4, -0.2) is 37.0 Å². The number of amides is 5. The number of anilines is 2. The summed E-state index contributed by atoms with van der Waals surface area (Å²) in [6.45, 7) is 1.69. The highest BCUT2D eigenvalue weighted by Gasteiger charge is 2.36. The number of hydrogen-bond donors (Lipinski definition) is 2. The molecule has 0 unspecified atom stereocenters. The van der Waals surface area contributed by atoms with E-state index < -0.39 is 23.8 Å². The lowest BCUT2D eigenvalue weighted by Gasteiger charge is -2.26. The van der Waals surface area contributed by atoms with E-state index in [-0.39, 0.29) is 35.3 Å². The molecule has 10 heteroatoms. The van der Waals surface area contributed by atoms with Crippen molar-refractivity contribution in [2.75, 3.05) is 23.4 Å². The van der Waals surface area contributed by atoms with E-state index in [9.17, 15) is 19.2 Å². The summed E-state index contributed by atoms with van der Waals surface area (Å²) in [6, 6.07) is 19.3. The monoisotopic (exact) mass is 519 g/mol. The van der Waals surface area contributed by atoms with E-state index in [4.69, 9.17) is 21.1 Å². The zero-order valence-electron chi connectivity index (χ0n) is 19.7. The molecule has 0 atom stereocenters. The van der Waals surface area contributed by atoms with Gasteiger partial charge in [-0.15, -0.1) is 0 Å². The Morgan fingerprint density at radius 3 is 2.35 bits per heavy atom. The van der Waals surface area contributed by atoms with Crippen LogP contribution in [0.3, 0.4) is 0 Å². The lowest BCUT2D eigenvalue weighted by Crippen LogP contribution is -2.54. The third-order valence-electron chi connectivity index (χ3n) is 5.16. The minimum atomic E-state index is -0.844. The topological polar surface area (TPSA) is 114 Å². The fourth-order valence-corrected chi connectivity index (χ4v) is 3.84. The highest BCUT2D eigenvalue weighted by atomic mass is 35.5. The fourth-order valence-electron chi connectivity index (χ4n) is 3.57. The molecule has 0 spiro atoms. The van der Waals surface area contributed by atoms with Crippen LogP contribution < -0.4 is 25.0 Å². The molecule has 1 fully saturated rings. The van der Waals surface area contributed by atoms with Crippen LogP contribution in [0, 0.1) is 0 Å². The average molecular weight is 520 g/mol. The van der Waals surface area contributed by atoms with Crippen LogP contribution in [0.2, 0.25) is 5.02 Å². The lowest BCUT2D eigenvalue weighted by molar-refractivity contribution is -0.122. The molecule has 1 saturated heterocycles. The van der Waals surface area contributed by atoms with Gasteiger partial charge < -0.3 is 14.8 Å². The largest absolute Gasteiger partial charge is 0.490 e. The number of barbiturate groups is 1. The van der Waals surface area contributed by atoms with Gasteiger partial charge in [0.2, 0.25) is 0 Å². The van der Waals surface area contributed by atoms with Crippen molar-refractivity contribution < 1.29 is 28.7 Å². The third kappa shape index (κ3) is 5.96. The van der Waals surface area contributed by atoms with E-state index in [2.05, 4.69) is 10.6 Å². The Kier molecular flexibility index (Phi) is 7.85. The number of ether oxygens (including phenoxy) is 2. The summed E-state index contributed by atoms with van der Waals surface area (Å²) < 4.78 is 11.3. The van der Waals surface area contributed by atoms with Crippen molar-refractivity contribution in [2.24, 2.45) is 0 Å². The molecule has 0 aliphatic carbocycles. The van der Waals surface area contributed by atoms with E-state index in [0.29, 0.717) is 16.9 Å². The van der Waals surface area contributed by atoms with Gasteiger partial charge in [-0.1, -0.05) is 48.0 Å². The summed E-state index contributed by atoms with van der Waals surface area (Å²) in [5.74, 6) is -1.67. The second kappa shape index (κ2) is 11.4. The Hall–Kier alpha value is -4.63. The molecule has 0 bridgehead atoms. The molecule has 4 rings (SSSR count). The number of nitrogens with zero attached hydrogens (tertiary/aromatic N) is 1. The SMILES string of the molecule is CCOc1cc(/C=C2\C(=O)NC(=O)N(c3ccccc3)C2=O)cc(Cl)c1OCC(=O)Nc1ccccc1. The number of benzene rings is 3. The average Bonchev–Trinajstić information content (AvgIpc) is 2.87. The number of hydrogen-bond acceptors (Lipinski definition) is 6. The van der Waals surface area contributed by atoms with Gasteiger partial charge in [-0.3, -0.25) is 19.7 Å². The van der Waals surface area contributed by atoms with Gasteiger partial charge in [0.05, 0.1) is 17.3 Å². The van der Waals surface area contributed by atoms with Gasteiger partial charge in [0.1, 0.15) is 5.57 Å². The van der Waals surface area contributed by atoms with Crippen molar-refractivity contribution in [3.63, 3.8) is 0 Å². The maximum Gasteiger partial charge on any atom is 0.335 e. The molecule has 188 valence electrons. The maximum atomic E-state index is 13.1. The van der Waals surface area contributed by atoms with Crippen LogP contribution in [0.5, 0.6) is 11.5 Å². The van der Waals surface area contributed by atoms with Crippen LogP contribution in [0.1, 0.15) is 12.5 Å². The first-order chi connectivity index (χ1) is 17.9. The first-order valence-corrected chi connectivity index (χ1v) is 11.7. The third-order valence-corrected chi connectivity index (χ3v) is 5.44. The number of rotatable bonds is 8. The number of para-hydroxylation sites is 2. The molecule has 0 aromatic heterocycles. The van der Waals surface area contributed by atoms with Crippen LogP contribution in [0.15, 0.2) is 78.4 Å². The quantitative estimate of drug-likeness (QED) is 0.336. The Bertz CT molecular complexity index is 1380. The molecule has 5 amide bonds. The van der Waals surface area contributed by atoms with Gasteiger partial charge in [-0.25, -0.2) is 9.69 Å². The summed E-state index contributed by atoms with van der Waals surface area (Å²) in [5, 5.41) is 4.98. The van der Waals surface area contributed by atoms with Crippen molar-refractivity contribution in [2.45, 2.75) is 6.92 Å². The maximum absolute atomic E-state index is 13.1. The van der Waals surface area contributed by atoms with E-state index in [0.717, 1.165) is 4.90 Å². The van der Waals surface area contributed by atoms with Gasteiger partial charge >= 0.3 is 6.03 Å². The minimum Gasteiger partial charge on any atom is -0.490 e. The summed E-state index contributed by atoms with van der Waals surface area (Å²) in [6.07, 6.45) is 1.31. The van der Waals surface area contributed by atoms with Gasteiger partial charge in [-0.2, -0.15) is 0 Å². The second-order valence-electron chi connectivity index (χ2n) is 7.76. The number of nitrogens with one attached hydrogen (secondary N) is 2. The summed E-state index contributed by atoms with van der Waals surface area (Å²) in [5.41, 5.74) is 1.02. The molecule has 2 N–H and O–H groups in total. The van der Waals surface area contributed by atoms with Gasteiger partial charge in [0.25, 0.3) is 17.7 Å². The fraction of sp³-hybridized carbons (Fsp3) is 0.111. The van der Waals surface area contributed by atoms with Crippen molar-refractivity contribution in [3.8, 4) is 11.5 Å². The zero-order chi connectivity index (χ0) is 26.4. The van der Waals surface area contributed by atoms with E-state index >= 15 is 0 Å². The second-order valence-corrected chi connectivity index (χ2v) is 8.17. The molecule has 1 heterocycles. The number of imide groups is 2. The van der Waals surface area contributed by atoms with Gasteiger partial charge in [0, 0.05) is 5.69 Å². The van der Waals surface area contributed by atoms with Gasteiger partial charge in [-0.05, 0) is 55.0 Å². The summed E-state index contributed by atoms with van der Waals surface area (Å²) in [7, 11) is 0. The smallest absolute Gasteiger partial charge is 0.335 e. The number of carbonyl (C=O) groups is 4. The van der Waals surface area contributed by atoms with E-state index in [1.165, 1.54) is 18.2 Å². The van der Waals surface area contributed by atoms with Crippen molar-refractivity contribution in [1.29, 1.82) is 0 Å². The highest BCUT2D eigenvalue weighted by Crippen LogP contribution is 2.37. The Labute approximate surface area is 217 Å². The number of urea groups is 1. The first-order valence-electron chi connectivity index (χ1n) is 11.3. The number of halogens is 1. The molecule has 1 aliphatic rings. The molecule has 3 aromatic carbocycles. The molecule has 1 aliphatic heterocycles. The Morgan fingerprint density at radius 1 is 1.00 bits per heavy atom. The van der Waals surface area contributed by atoms with Crippen molar-refractivity contribution in [3.05, 3.63) is 89.0 Å². The molecular formula is C27H22ClN3O6. The lowest BCUT2D eigenvalue weighted by atomic mass is 10.1. The molecule has 9 nitrogen and oxygen atoms in total. The molecule has 3 aromatic rings. The number of carbonyl (C=O) groups excluding carboxylic acids is 4. The van der Waals surface area contributed by atoms with Crippen molar-refractivity contribution in [1.82, 2.24) is 5.32 Å². The zero-order valence-corrected chi connectivity index (χ0v) is 20.5. The minimum absolute atomic E-state index is 0.102. The Morgan fingerprint density at radius 2 is 1.68 bits per heavy atom. The summed E-state index contributed by atoms with van der Waals surface area (Å²) in [4.78, 5) is 51.1. The normalized spacial score (nSPS) is 14.4. The molecule has 37 heavy (non-hydrogen) atoms. The molecule has 0 radical (unpaired) electrons. The highest BCUT2D eigenvalue weighted by molar-refractivity contribution is 6.39. The van der Waals surface area contributed by atoms with Crippen LogP contribution in [0.4, 0.5) is 16.2 Å². The standard InChI is InChI=1S/C27H22ClN3O6/c1-2-36-22-15-17(14-21(28)24(22)37-16-23(32)29-18-9-5-3-6-10-18)13-20-25(33)30-27(35)31(26(20)34)19-11-7-4-8-12-19/h3-15H,2,16H2,1H3,(H,29,32)(H,30,33,35)/b20-13+. The Balaban J connectivity index is 1.58. The first kappa shape index (κ1) is 25.5. The van der Waals surface area contributed by atoms with Crippen LogP contribution in [0.25, 0.3) is 6.08 Å².